The van der Waals surface area contributed by atoms with Crippen molar-refractivity contribution in [2.24, 2.45) is 17.8 Å². The molecule has 0 aliphatic heterocycles. The van der Waals surface area contributed by atoms with Crippen molar-refractivity contribution in [1.29, 1.82) is 0 Å². The van der Waals surface area contributed by atoms with E-state index in [0.717, 1.165) is 22.0 Å². The fourth-order valence-electron chi connectivity index (χ4n) is 5.05. The number of carbonyl (C=O) groups excluding carboxylic acids is 4. The lowest BCUT2D eigenvalue weighted by atomic mass is 9.87. The van der Waals surface area contributed by atoms with Gasteiger partial charge in [-0.15, -0.1) is 0 Å². The van der Waals surface area contributed by atoms with Crippen molar-refractivity contribution in [2.75, 3.05) is 0 Å². The summed E-state index contributed by atoms with van der Waals surface area (Å²) < 4.78 is 10.9. The van der Waals surface area contributed by atoms with Crippen LogP contribution in [0.3, 0.4) is 0 Å². The van der Waals surface area contributed by atoms with Crippen LogP contribution in [0.4, 0.5) is 0 Å². The van der Waals surface area contributed by atoms with Gasteiger partial charge < -0.3 is 24.9 Å². The first-order chi connectivity index (χ1) is 21.2. The van der Waals surface area contributed by atoms with Gasteiger partial charge in [0.15, 0.2) is 5.78 Å². The lowest BCUT2D eigenvalue weighted by molar-refractivity contribution is -0.155. The Morgan fingerprint density at radius 1 is 0.911 bits per heavy atom. The van der Waals surface area contributed by atoms with Crippen molar-refractivity contribution in [2.45, 2.75) is 85.0 Å². The van der Waals surface area contributed by atoms with Crippen molar-refractivity contribution in [3.63, 3.8) is 0 Å². The first-order valence-corrected chi connectivity index (χ1v) is 15.3. The molecule has 10 heteroatoms. The van der Waals surface area contributed by atoms with Crippen molar-refractivity contribution in [3.8, 4) is 0 Å². The van der Waals surface area contributed by atoms with Crippen molar-refractivity contribution >= 4 is 40.5 Å². The third kappa shape index (κ3) is 11.2. The molecular weight excluding hydrogens is 576 g/mol. The Kier molecular flexibility index (Phi) is 12.5. The molecule has 1 amide bonds. The Labute approximate surface area is 263 Å². The van der Waals surface area contributed by atoms with E-state index >= 15 is 0 Å². The Morgan fingerprint density at radius 2 is 1.58 bits per heavy atom. The topological polar surface area (TPSA) is 152 Å². The van der Waals surface area contributed by atoms with Crippen LogP contribution in [-0.4, -0.2) is 51.3 Å². The number of hydrogen-bond acceptors (Lipinski definition) is 7. The second-order valence-electron chi connectivity index (χ2n) is 12.7. The van der Waals surface area contributed by atoms with Gasteiger partial charge in [-0.25, -0.2) is 0 Å². The van der Waals surface area contributed by atoms with E-state index in [1.54, 1.807) is 40.8 Å². The highest BCUT2D eigenvalue weighted by molar-refractivity contribution is 5.93. The molecule has 3 aromatic rings. The van der Waals surface area contributed by atoms with Crippen molar-refractivity contribution in [1.82, 2.24) is 10.3 Å². The third-order valence-corrected chi connectivity index (χ3v) is 7.47. The van der Waals surface area contributed by atoms with Crippen LogP contribution in [0, 0.1) is 17.8 Å². The molecule has 3 N–H and O–H groups in total. The van der Waals surface area contributed by atoms with Crippen LogP contribution in [-0.2, 0) is 46.5 Å². The summed E-state index contributed by atoms with van der Waals surface area (Å²) in [7, 11) is 0. The number of aromatic amines is 1. The van der Waals surface area contributed by atoms with Crippen molar-refractivity contribution in [3.05, 3.63) is 71.9 Å². The minimum atomic E-state index is -1.16. The Hall–Kier alpha value is -4.47. The highest BCUT2D eigenvalue weighted by Crippen LogP contribution is 2.24. The SMILES string of the molecule is CC(C)[C@@H](CC(=O)[C@H](CCC(=O)OC(C)(C)C)NC(=O)[C@@H](CC(=O)OCc1ccccc1)Cc1c[nH]c2ccccc12)C(=O)O. The monoisotopic (exact) mass is 620 g/mol. The van der Waals surface area contributed by atoms with Crippen LogP contribution < -0.4 is 5.32 Å². The van der Waals surface area contributed by atoms with Gasteiger partial charge in [-0.05, 0) is 56.7 Å². The summed E-state index contributed by atoms with van der Waals surface area (Å²) in [6.45, 7) is 8.63. The highest BCUT2D eigenvalue weighted by atomic mass is 16.6. The average Bonchev–Trinajstić information content (AvgIpc) is 3.38. The number of aromatic nitrogens is 1. The van der Waals surface area contributed by atoms with Gasteiger partial charge in [0.25, 0.3) is 0 Å². The number of carboxylic acids is 1. The number of ether oxygens (including phenoxy) is 2. The summed E-state index contributed by atoms with van der Waals surface area (Å²) in [6.07, 6.45) is 1.13. The number of para-hydroxylation sites is 1. The van der Waals surface area contributed by atoms with Crippen LogP contribution in [0.1, 0.15) is 71.4 Å². The smallest absolute Gasteiger partial charge is 0.307 e. The number of hydrogen-bond donors (Lipinski definition) is 3. The average molecular weight is 621 g/mol. The summed E-state index contributed by atoms with van der Waals surface area (Å²) in [4.78, 5) is 67.8. The molecule has 1 heterocycles. The number of Topliss-reactive ketones (excluding diaryl/α,β-unsaturated/α-hetero) is 1. The number of benzene rings is 2. The molecule has 10 nitrogen and oxygen atoms in total. The van der Waals surface area contributed by atoms with Crippen LogP contribution >= 0.6 is 0 Å². The number of amides is 1. The lowest BCUT2D eigenvalue weighted by Gasteiger charge is -2.24. The van der Waals surface area contributed by atoms with E-state index < -0.39 is 53.1 Å². The summed E-state index contributed by atoms with van der Waals surface area (Å²) in [6, 6.07) is 15.6. The molecule has 0 saturated carbocycles. The zero-order valence-corrected chi connectivity index (χ0v) is 26.6. The van der Waals surface area contributed by atoms with E-state index in [1.165, 1.54) is 0 Å². The Bertz CT molecular complexity index is 1470. The minimum Gasteiger partial charge on any atom is -0.481 e. The third-order valence-electron chi connectivity index (χ3n) is 7.47. The molecule has 45 heavy (non-hydrogen) atoms. The first kappa shape index (κ1) is 35.0. The van der Waals surface area contributed by atoms with Crippen LogP contribution in [0.5, 0.6) is 0 Å². The number of ketones is 1. The molecule has 3 rings (SSSR count). The number of esters is 2. The number of aliphatic carboxylic acids is 1. The molecule has 1 aromatic heterocycles. The summed E-state index contributed by atoms with van der Waals surface area (Å²) in [5, 5.41) is 13.3. The highest BCUT2D eigenvalue weighted by Gasteiger charge is 2.33. The first-order valence-electron chi connectivity index (χ1n) is 15.3. The second-order valence-corrected chi connectivity index (χ2v) is 12.7. The largest absolute Gasteiger partial charge is 0.481 e. The fourth-order valence-corrected chi connectivity index (χ4v) is 5.05. The van der Waals surface area contributed by atoms with E-state index in [2.05, 4.69) is 10.3 Å². The standard InChI is InChI=1S/C35H44N2O8/c1-22(2)27(34(42)43)19-30(38)29(15-16-31(39)45-35(3,4)5)37-33(41)24(17-25-20-36-28-14-10-9-13-26(25)28)18-32(40)44-21-23-11-7-6-8-12-23/h6-14,20,22,24,27,29,36H,15-19,21H2,1-5H3,(H,37,41)(H,42,43)/t24-,27-,29+/m1/s1. The molecule has 0 fully saturated rings. The number of rotatable bonds is 16. The molecule has 0 aliphatic rings. The van der Waals surface area contributed by atoms with E-state index in [9.17, 15) is 29.1 Å². The maximum absolute atomic E-state index is 13.8. The Balaban J connectivity index is 1.83. The summed E-state index contributed by atoms with van der Waals surface area (Å²) >= 11 is 0. The van der Waals surface area contributed by atoms with E-state index in [-0.39, 0.29) is 44.6 Å². The van der Waals surface area contributed by atoms with Crippen LogP contribution in [0.25, 0.3) is 10.9 Å². The fraction of sp³-hybridized carbons (Fsp3) is 0.457. The molecule has 0 saturated heterocycles. The van der Waals surface area contributed by atoms with Crippen LogP contribution in [0.2, 0.25) is 0 Å². The maximum atomic E-state index is 13.8. The number of carboxylic acid groups (broad SMARTS) is 1. The number of nitrogens with one attached hydrogen (secondary N) is 2. The van der Waals surface area contributed by atoms with Crippen LogP contribution in [0.15, 0.2) is 60.8 Å². The van der Waals surface area contributed by atoms with E-state index in [0.29, 0.717) is 0 Å². The zero-order valence-electron chi connectivity index (χ0n) is 26.6. The lowest BCUT2D eigenvalue weighted by Crippen LogP contribution is -2.46. The van der Waals surface area contributed by atoms with Gasteiger partial charge in [-0.3, -0.25) is 24.0 Å². The molecule has 0 bridgehead atoms. The molecule has 0 spiro atoms. The number of H-pyrrole nitrogens is 1. The van der Waals surface area contributed by atoms with Gasteiger partial charge in [-0.2, -0.15) is 0 Å². The van der Waals surface area contributed by atoms with Gasteiger partial charge in [0.2, 0.25) is 5.91 Å². The molecule has 0 unspecified atom stereocenters. The van der Waals surface area contributed by atoms with Gasteiger partial charge in [0.1, 0.15) is 12.2 Å². The van der Waals surface area contributed by atoms with E-state index in [1.807, 2.05) is 54.6 Å². The maximum Gasteiger partial charge on any atom is 0.307 e. The minimum absolute atomic E-state index is 0.0455. The summed E-state index contributed by atoms with van der Waals surface area (Å²) in [5.74, 6) is -5.54. The molecule has 0 radical (unpaired) electrons. The molecule has 2 aromatic carbocycles. The van der Waals surface area contributed by atoms with Gasteiger partial charge in [-0.1, -0.05) is 62.4 Å². The van der Waals surface area contributed by atoms with E-state index in [4.69, 9.17) is 9.47 Å². The molecule has 3 atom stereocenters. The quantitative estimate of drug-likeness (QED) is 0.181. The molecular formula is C35H44N2O8. The number of carbonyl (C=O) groups is 5. The normalized spacial score (nSPS) is 13.6. The Morgan fingerprint density at radius 3 is 2.22 bits per heavy atom. The second kappa shape index (κ2) is 16.0. The van der Waals surface area contributed by atoms with Gasteiger partial charge in [0, 0.05) is 29.9 Å². The number of fused-ring (bicyclic) bond motifs is 1. The van der Waals surface area contributed by atoms with Gasteiger partial charge in [0.05, 0.1) is 24.3 Å². The predicted octanol–water partition coefficient (Wildman–Crippen LogP) is 5.38. The summed E-state index contributed by atoms with van der Waals surface area (Å²) in [5.41, 5.74) is 1.74. The van der Waals surface area contributed by atoms with Crippen molar-refractivity contribution < 1.29 is 38.6 Å². The molecule has 0 aliphatic carbocycles. The predicted molar refractivity (Wildman–Crippen MR) is 169 cm³/mol. The zero-order chi connectivity index (χ0) is 33.1. The molecule has 242 valence electrons. The van der Waals surface area contributed by atoms with Gasteiger partial charge >= 0.3 is 17.9 Å².